The van der Waals surface area contributed by atoms with Crippen LogP contribution in [0, 0.1) is 0 Å². The molecule has 2 heterocycles. The Morgan fingerprint density at radius 2 is 1.79 bits per heavy atom. The zero-order chi connectivity index (χ0) is 20.1. The van der Waals surface area contributed by atoms with Crippen molar-refractivity contribution >= 4 is 33.3 Å². The summed E-state index contributed by atoms with van der Waals surface area (Å²) in [5.74, 6) is -0.262. The smallest absolute Gasteiger partial charge is 0.251 e. The summed E-state index contributed by atoms with van der Waals surface area (Å²) < 4.78 is 24.1. The Bertz CT molecular complexity index is 807. The van der Waals surface area contributed by atoms with Gasteiger partial charge in [-0.1, -0.05) is 11.6 Å². The summed E-state index contributed by atoms with van der Waals surface area (Å²) in [6, 6.07) is 6.11. The van der Waals surface area contributed by atoms with Crippen LogP contribution in [0.3, 0.4) is 0 Å². The third kappa shape index (κ3) is 5.68. The molecule has 1 aromatic rings. The van der Waals surface area contributed by atoms with Gasteiger partial charge in [0.15, 0.2) is 9.84 Å². The highest BCUT2D eigenvalue weighted by atomic mass is 35.5. The van der Waals surface area contributed by atoms with Gasteiger partial charge in [-0.2, -0.15) is 0 Å². The number of nitrogens with one attached hydrogen (secondary N) is 2. The first kappa shape index (κ1) is 21.1. The lowest BCUT2D eigenvalue weighted by Gasteiger charge is -2.28. The number of sulfone groups is 1. The minimum Gasteiger partial charge on any atom is -0.352 e. The lowest BCUT2D eigenvalue weighted by molar-refractivity contribution is -0.122. The topological polar surface area (TPSA) is 95.6 Å². The predicted molar refractivity (Wildman–Crippen MR) is 108 cm³/mol. The molecule has 0 saturated carbocycles. The molecule has 0 aromatic heterocycles. The van der Waals surface area contributed by atoms with Crippen molar-refractivity contribution in [2.75, 3.05) is 31.1 Å². The molecule has 2 atom stereocenters. The monoisotopic (exact) mass is 427 g/mol. The van der Waals surface area contributed by atoms with Crippen LogP contribution in [-0.4, -0.2) is 68.4 Å². The average molecular weight is 428 g/mol. The third-order valence-corrected chi connectivity index (χ3v) is 7.22. The first-order valence-corrected chi connectivity index (χ1v) is 11.8. The molecule has 2 aliphatic rings. The van der Waals surface area contributed by atoms with Crippen molar-refractivity contribution in [1.29, 1.82) is 0 Å². The maximum Gasteiger partial charge on any atom is 0.251 e. The van der Waals surface area contributed by atoms with E-state index >= 15 is 0 Å². The molecule has 0 aliphatic carbocycles. The molecule has 7 nitrogen and oxygen atoms in total. The highest BCUT2D eigenvalue weighted by Crippen LogP contribution is 2.22. The highest BCUT2D eigenvalue weighted by Gasteiger charge is 2.42. The van der Waals surface area contributed by atoms with E-state index in [4.69, 9.17) is 11.6 Å². The minimum absolute atomic E-state index is 0.00715. The van der Waals surface area contributed by atoms with E-state index < -0.39 is 9.84 Å². The van der Waals surface area contributed by atoms with E-state index in [1.165, 1.54) is 0 Å². The molecular weight excluding hydrogens is 402 g/mol. The largest absolute Gasteiger partial charge is 0.352 e. The van der Waals surface area contributed by atoms with Crippen LogP contribution in [0.4, 0.5) is 0 Å². The van der Waals surface area contributed by atoms with Crippen LogP contribution in [0.15, 0.2) is 24.3 Å². The summed E-state index contributed by atoms with van der Waals surface area (Å²) >= 11 is 5.80. The fourth-order valence-corrected chi connectivity index (χ4v) is 5.91. The van der Waals surface area contributed by atoms with Crippen LogP contribution in [0.25, 0.3) is 0 Å². The van der Waals surface area contributed by atoms with Gasteiger partial charge in [-0.15, -0.1) is 0 Å². The first-order chi connectivity index (χ1) is 13.3. The summed E-state index contributed by atoms with van der Waals surface area (Å²) in [4.78, 5) is 26.5. The molecule has 2 amide bonds. The number of rotatable bonds is 7. The van der Waals surface area contributed by atoms with Crippen LogP contribution >= 0.6 is 11.6 Å². The number of carbonyl (C=O) groups is 2. The van der Waals surface area contributed by atoms with Gasteiger partial charge in [0.2, 0.25) is 5.91 Å². The molecule has 3 rings (SSSR count). The Morgan fingerprint density at radius 1 is 1.11 bits per heavy atom. The van der Waals surface area contributed by atoms with Gasteiger partial charge in [0, 0.05) is 29.6 Å². The molecule has 0 bridgehead atoms. The van der Waals surface area contributed by atoms with Crippen molar-refractivity contribution in [2.45, 2.75) is 37.8 Å². The van der Waals surface area contributed by atoms with Gasteiger partial charge < -0.3 is 10.6 Å². The summed E-state index contributed by atoms with van der Waals surface area (Å²) in [5, 5.41) is 6.23. The Balaban J connectivity index is 1.42. The van der Waals surface area contributed by atoms with Gasteiger partial charge >= 0.3 is 0 Å². The highest BCUT2D eigenvalue weighted by molar-refractivity contribution is 7.91. The summed E-state index contributed by atoms with van der Waals surface area (Å²) in [5.41, 5.74) is 0.512. The fraction of sp³-hybridized carbons (Fsp3) is 0.579. The summed E-state index contributed by atoms with van der Waals surface area (Å²) in [7, 11) is -3.12. The van der Waals surface area contributed by atoms with Crippen molar-refractivity contribution in [1.82, 2.24) is 15.5 Å². The van der Waals surface area contributed by atoms with Crippen LogP contribution in [0.1, 0.15) is 36.0 Å². The van der Waals surface area contributed by atoms with Gasteiger partial charge in [-0.25, -0.2) is 8.42 Å². The van der Waals surface area contributed by atoms with Gasteiger partial charge in [0.05, 0.1) is 17.5 Å². The second-order valence-electron chi connectivity index (χ2n) is 7.43. The normalized spacial score (nSPS) is 24.2. The Hall–Kier alpha value is -1.64. The average Bonchev–Trinajstić information content (AvgIpc) is 3.26. The van der Waals surface area contributed by atoms with E-state index in [9.17, 15) is 18.0 Å². The molecule has 154 valence electrons. The first-order valence-electron chi connectivity index (χ1n) is 9.62. The second-order valence-corrected chi connectivity index (χ2v) is 10.0. The molecule has 2 unspecified atom stereocenters. The molecule has 2 aliphatic heterocycles. The van der Waals surface area contributed by atoms with Crippen LogP contribution in [0.5, 0.6) is 0 Å². The fourth-order valence-electron chi connectivity index (χ4n) is 3.83. The quantitative estimate of drug-likeness (QED) is 0.638. The Kier molecular flexibility index (Phi) is 6.95. The molecule has 9 heteroatoms. The number of hydrogen-bond donors (Lipinski definition) is 2. The van der Waals surface area contributed by atoms with E-state index in [0.29, 0.717) is 23.6 Å². The van der Waals surface area contributed by atoms with E-state index in [2.05, 4.69) is 15.5 Å². The number of nitrogens with zero attached hydrogens (tertiary/aromatic N) is 1. The van der Waals surface area contributed by atoms with Crippen LogP contribution in [-0.2, 0) is 14.6 Å². The van der Waals surface area contributed by atoms with Gasteiger partial charge in [0.25, 0.3) is 5.91 Å². The molecule has 0 spiro atoms. The molecule has 28 heavy (non-hydrogen) atoms. The molecule has 2 saturated heterocycles. The van der Waals surface area contributed by atoms with Crippen molar-refractivity contribution in [3.05, 3.63) is 34.9 Å². The minimum atomic E-state index is -3.12. The van der Waals surface area contributed by atoms with Gasteiger partial charge in [-0.3, -0.25) is 14.5 Å². The van der Waals surface area contributed by atoms with E-state index in [0.717, 1.165) is 25.9 Å². The van der Waals surface area contributed by atoms with Crippen molar-refractivity contribution < 1.29 is 18.0 Å². The Morgan fingerprint density at radius 3 is 2.46 bits per heavy atom. The number of hydrogen-bond acceptors (Lipinski definition) is 5. The zero-order valence-corrected chi connectivity index (χ0v) is 17.3. The van der Waals surface area contributed by atoms with E-state index in [-0.39, 0.29) is 41.8 Å². The molecule has 0 radical (unpaired) electrons. The van der Waals surface area contributed by atoms with E-state index in [1.54, 1.807) is 24.3 Å². The lowest BCUT2D eigenvalue weighted by atomic mass is 10.1. The predicted octanol–water partition coefficient (Wildman–Crippen LogP) is 1.23. The number of carbonyl (C=O) groups excluding carboxylic acids is 2. The van der Waals surface area contributed by atoms with Crippen LogP contribution in [0.2, 0.25) is 5.02 Å². The van der Waals surface area contributed by atoms with Crippen molar-refractivity contribution in [3.8, 4) is 0 Å². The summed E-state index contributed by atoms with van der Waals surface area (Å²) in [6.45, 7) is 2.15. The second kappa shape index (κ2) is 9.24. The standard InChI is InChI=1S/C19H26ClN3O4S/c20-15-7-5-14(6-8-15)19(25)21-9-3-4-18(24)22-16-12-28(26,27)13-17(16)23-10-1-2-11-23/h5-8,16-17H,1-4,9-13H2,(H,21,25)(H,22,24). The van der Waals surface area contributed by atoms with Gasteiger partial charge in [0.1, 0.15) is 0 Å². The molecule has 1 aromatic carbocycles. The molecule has 2 N–H and O–H groups in total. The SMILES string of the molecule is O=C(CCCNC(=O)c1ccc(Cl)cc1)NC1CS(=O)(=O)CC1N1CCCC1. The maximum atomic E-state index is 12.3. The zero-order valence-electron chi connectivity index (χ0n) is 15.7. The molecular formula is C19H26ClN3O4S. The van der Waals surface area contributed by atoms with Crippen molar-refractivity contribution in [3.63, 3.8) is 0 Å². The number of amides is 2. The van der Waals surface area contributed by atoms with Crippen molar-refractivity contribution in [2.24, 2.45) is 0 Å². The van der Waals surface area contributed by atoms with E-state index in [1.807, 2.05) is 0 Å². The number of halogens is 1. The van der Waals surface area contributed by atoms with Gasteiger partial charge in [-0.05, 0) is 56.6 Å². The number of likely N-dealkylation sites (tertiary alicyclic amines) is 1. The van der Waals surface area contributed by atoms with Crippen LogP contribution < -0.4 is 10.6 Å². The maximum absolute atomic E-state index is 12.3. The summed E-state index contributed by atoms with van der Waals surface area (Å²) in [6.07, 6.45) is 2.87. The number of benzene rings is 1. The Labute approximate surface area is 170 Å². The molecule has 2 fully saturated rings. The third-order valence-electron chi connectivity index (χ3n) is 5.25. The lowest BCUT2D eigenvalue weighted by Crippen LogP contribution is -2.50.